The van der Waals surface area contributed by atoms with Gasteiger partial charge in [0.05, 0.1) is 14.2 Å². The second kappa shape index (κ2) is 5.46. The molecule has 1 N–H and O–H groups in total. The van der Waals surface area contributed by atoms with E-state index in [0.29, 0.717) is 27.5 Å². The number of benzene rings is 1. The van der Waals surface area contributed by atoms with Gasteiger partial charge in [0.15, 0.2) is 16.2 Å². The monoisotopic (exact) mass is 312 g/mol. The van der Waals surface area contributed by atoms with Crippen LogP contribution in [0.15, 0.2) is 39.4 Å². The van der Waals surface area contributed by atoms with Crippen molar-refractivity contribution in [1.29, 1.82) is 0 Å². The minimum Gasteiger partial charge on any atom is -0.493 e. The summed E-state index contributed by atoms with van der Waals surface area (Å²) in [7, 11) is 3.12. The Morgan fingerprint density at radius 3 is 2.39 bits per heavy atom. The molecule has 4 nitrogen and oxygen atoms in total. The highest BCUT2D eigenvalue weighted by Crippen LogP contribution is 2.33. The quantitative estimate of drug-likeness (QED) is 0.942. The Morgan fingerprint density at radius 1 is 1.11 bits per heavy atom. The molecule has 96 valence electrons. The second-order valence-electron chi connectivity index (χ2n) is 3.66. The molecule has 18 heavy (non-hydrogen) atoms. The number of hydrogen-bond acceptors (Lipinski definition) is 4. The van der Waals surface area contributed by atoms with Gasteiger partial charge in [-0.25, -0.2) is 0 Å². The molecule has 2 rings (SSSR count). The van der Waals surface area contributed by atoms with Gasteiger partial charge in [0.2, 0.25) is 0 Å². The number of furan rings is 1. The van der Waals surface area contributed by atoms with Crippen LogP contribution in [-0.4, -0.2) is 19.3 Å². The first kappa shape index (κ1) is 13.0. The lowest BCUT2D eigenvalue weighted by Gasteiger charge is -2.12. The predicted octanol–water partition coefficient (Wildman–Crippen LogP) is 3.14. The zero-order chi connectivity index (χ0) is 13.1. The lowest BCUT2D eigenvalue weighted by molar-refractivity contribution is 0.187. The van der Waals surface area contributed by atoms with Gasteiger partial charge in [-0.1, -0.05) is 6.07 Å². The van der Waals surface area contributed by atoms with E-state index >= 15 is 0 Å². The maximum Gasteiger partial charge on any atom is 0.169 e. The van der Waals surface area contributed by atoms with E-state index in [1.165, 1.54) is 0 Å². The minimum absolute atomic E-state index is 0.467. The van der Waals surface area contributed by atoms with E-state index in [-0.39, 0.29) is 0 Å². The van der Waals surface area contributed by atoms with Crippen molar-refractivity contribution in [2.24, 2.45) is 0 Å². The minimum atomic E-state index is -0.837. The van der Waals surface area contributed by atoms with E-state index in [1.807, 2.05) is 0 Å². The van der Waals surface area contributed by atoms with E-state index < -0.39 is 6.10 Å². The van der Waals surface area contributed by atoms with E-state index in [4.69, 9.17) is 13.9 Å². The summed E-state index contributed by atoms with van der Waals surface area (Å²) in [4.78, 5) is 0. The van der Waals surface area contributed by atoms with Gasteiger partial charge < -0.3 is 19.0 Å². The highest BCUT2D eigenvalue weighted by atomic mass is 79.9. The molecule has 1 heterocycles. The van der Waals surface area contributed by atoms with E-state index in [9.17, 15) is 5.11 Å². The molecule has 0 saturated heterocycles. The van der Waals surface area contributed by atoms with Gasteiger partial charge in [-0.05, 0) is 45.8 Å². The third-order valence-corrected chi connectivity index (χ3v) is 3.01. The summed E-state index contributed by atoms with van der Waals surface area (Å²) in [6.45, 7) is 0. The van der Waals surface area contributed by atoms with Crippen molar-refractivity contribution in [2.45, 2.75) is 6.10 Å². The van der Waals surface area contributed by atoms with Gasteiger partial charge in [0.1, 0.15) is 11.9 Å². The third-order valence-electron chi connectivity index (χ3n) is 2.59. The molecule has 0 aliphatic rings. The SMILES string of the molecule is COc1ccc(C(O)c2ccc(Br)o2)cc1OC. The molecule has 5 heteroatoms. The van der Waals surface area contributed by atoms with Gasteiger partial charge in [0, 0.05) is 0 Å². The number of ether oxygens (including phenoxy) is 2. The highest BCUT2D eigenvalue weighted by molar-refractivity contribution is 9.10. The van der Waals surface area contributed by atoms with Crippen LogP contribution in [0.4, 0.5) is 0 Å². The average Bonchev–Trinajstić information content (AvgIpc) is 2.83. The molecular weight excluding hydrogens is 300 g/mol. The Balaban J connectivity index is 2.33. The van der Waals surface area contributed by atoms with E-state index in [2.05, 4.69) is 15.9 Å². The molecule has 1 aromatic heterocycles. The predicted molar refractivity (Wildman–Crippen MR) is 70.0 cm³/mol. The van der Waals surface area contributed by atoms with Crippen LogP contribution in [-0.2, 0) is 0 Å². The summed E-state index contributed by atoms with van der Waals surface area (Å²) in [5.41, 5.74) is 0.675. The smallest absolute Gasteiger partial charge is 0.169 e. The average molecular weight is 313 g/mol. The molecule has 0 aliphatic carbocycles. The van der Waals surface area contributed by atoms with Crippen molar-refractivity contribution in [3.8, 4) is 11.5 Å². The third kappa shape index (κ3) is 2.52. The van der Waals surface area contributed by atoms with Crippen LogP contribution in [0.1, 0.15) is 17.4 Å². The normalized spacial score (nSPS) is 12.2. The molecule has 0 fully saturated rings. The van der Waals surface area contributed by atoms with Gasteiger partial charge in [-0.2, -0.15) is 0 Å². The summed E-state index contributed by atoms with van der Waals surface area (Å²) < 4.78 is 16.2. The largest absolute Gasteiger partial charge is 0.493 e. The Labute approximate surface area is 113 Å². The molecule has 0 radical (unpaired) electrons. The molecule has 0 bridgehead atoms. The van der Waals surface area contributed by atoms with Crippen LogP contribution < -0.4 is 9.47 Å². The first-order chi connectivity index (χ1) is 8.65. The molecule has 0 amide bonds. The molecule has 0 spiro atoms. The van der Waals surface area contributed by atoms with Crippen molar-refractivity contribution in [2.75, 3.05) is 14.2 Å². The van der Waals surface area contributed by atoms with Crippen molar-refractivity contribution in [1.82, 2.24) is 0 Å². The lowest BCUT2D eigenvalue weighted by atomic mass is 10.1. The molecule has 0 saturated carbocycles. The summed E-state index contributed by atoms with van der Waals surface area (Å²) in [6, 6.07) is 8.68. The van der Waals surface area contributed by atoms with Crippen molar-refractivity contribution in [3.05, 3.63) is 46.3 Å². The summed E-state index contributed by atoms with van der Waals surface area (Å²) in [5, 5.41) is 10.2. The lowest BCUT2D eigenvalue weighted by Crippen LogP contribution is -1.99. The summed E-state index contributed by atoms with van der Waals surface area (Å²) in [6.07, 6.45) is -0.837. The van der Waals surface area contributed by atoms with Crippen LogP contribution >= 0.6 is 15.9 Å². The van der Waals surface area contributed by atoms with Gasteiger partial charge in [-0.15, -0.1) is 0 Å². The number of methoxy groups -OCH3 is 2. The maximum absolute atomic E-state index is 10.2. The Morgan fingerprint density at radius 2 is 1.83 bits per heavy atom. The molecule has 0 aliphatic heterocycles. The first-order valence-electron chi connectivity index (χ1n) is 5.31. The zero-order valence-corrected chi connectivity index (χ0v) is 11.6. The summed E-state index contributed by atoms with van der Waals surface area (Å²) in [5.74, 6) is 1.66. The van der Waals surface area contributed by atoms with Gasteiger partial charge in [0.25, 0.3) is 0 Å². The van der Waals surface area contributed by atoms with Crippen molar-refractivity contribution < 1.29 is 19.0 Å². The van der Waals surface area contributed by atoms with Gasteiger partial charge in [-0.3, -0.25) is 0 Å². The molecular formula is C13H13BrO4. The fourth-order valence-electron chi connectivity index (χ4n) is 1.66. The number of rotatable bonds is 4. The standard InChI is InChI=1S/C13H13BrO4/c1-16-9-4-3-8(7-11(9)17-2)13(15)10-5-6-12(14)18-10/h3-7,13,15H,1-2H3. The number of aliphatic hydroxyl groups is 1. The molecule has 2 aromatic rings. The van der Waals surface area contributed by atoms with E-state index in [0.717, 1.165) is 0 Å². The Kier molecular flexibility index (Phi) is 3.93. The number of aliphatic hydroxyl groups excluding tert-OH is 1. The van der Waals surface area contributed by atoms with Crippen LogP contribution in [0.5, 0.6) is 11.5 Å². The van der Waals surface area contributed by atoms with Crippen molar-refractivity contribution in [3.63, 3.8) is 0 Å². The zero-order valence-electron chi connectivity index (χ0n) is 10.0. The molecule has 1 atom stereocenters. The van der Waals surface area contributed by atoms with Crippen LogP contribution in [0, 0.1) is 0 Å². The topological polar surface area (TPSA) is 51.8 Å². The highest BCUT2D eigenvalue weighted by Gasteiger charge is 2.16. The fraction of sp³-hybridized carbons (Fsp3) is 0.231. The van der Waals surface area contributed by atoms with Crippen LogP contribution in [0.3, 0.4) is 0 Å². The summed E-state index contributed by atoms with van der Waals surface area (Å²) >= 11 is 3.20. The fourth-order valence-corrected chi connectivity index (χ4v) is 1.98. The van der Waals surface area contributed by atoms with Crippen molar-refractivity contribution >= 4 is 15.9 Å². The number of halogens is 1. The molecule has 1 unspecified atom stereocenters. The second-order valence-corrected chi connectivity index (χ2v) is 4.44. The van der Waals surface area contributed by atoms with Crippen LogP contribution in [0.2, 0.25) is 0 Å². The van der Waals surface area contributed by atoms with E-state index in [1.54, 1.807) is 44.6 Å². The Hall–Kier alpha value is -1.46. The first-order valence-corrected chi connectivity index (χ1v) is 6.10. The van der Waals surface area contributed by atoms with Gasteiger partial charge >= 0.3 is 0 Å². The maximum atomic E-state index is 10.2. The number of hydrogen-bond donors (Lipinski definition) is 1. The molecule has 1 aromatic carbocycles. The van der Waals surface area contributed by atoms with Crippen LogP contribution in [0.25, 0.3) is 0 Å². The Bertz CT molecular complexity index is 536.